The van der Waals surface area contributed by atoms with Gasteiger partial charge in [0, 0.05) is 17.8 Å². The largest absolute Gasteiger partial charge is 0.395 e. The third-order valence-electron chi connectivity index (χ3n) is 3.98. The molecule has 0 spiro atoms. The zero-order chi connectivity index (χ0) is 15.3. The van der Waals surface area contributed by atoms with E-state index in [1.54, 1.807) is 16.4 Å². The molecule has 6 heteroatoms. The zero-order valence-electron chi connectivity index (χ0n) is 13.1. The maximum absolute atomic E-state index is 12.4. The van der Waals surface area contributed by atoms with Crippen LogP contribution in [0, 0.1) is 6.92 Å². The van der Waals surface area contributed by atoms with E-state index in [-0.39, 0.29) is 10.7 Å². The van der Waals surface area contributed by atoms with E-state index < -0.39 is 0 Å². The Morgan fingerprint density at radius 2 is 2.00 bits per heavy atom. The zero-order valence-corrected chi connectivity index (χ0v) is 13.9. The van der Waals surface area contributed by atoms with E-state index in [4.69, 9.17) is 5.73 Å². The minimum atomic E-state index is -0.134. The van der Waals surface area contributed by atoms with Gasteiger partial charge in [-0.05, 0) is 32.9 Å². The molecule has 0 aliphatic carbocycles. The number of rotatable bonds is 7. The Kier molecular flexibility index (Phi) is 5.92. The number of anilines is 1. The normalized spacial score (nSPS) is 11.7. The number of nitrogens with zero attached hydrogens (tertiary/aromatic N) is 2. The summed E-state index contributed by atoms with van der Waals surface area (Å²) in [5.41, 5.74) is 7.63. The second-order valence-corrected chi connectivity index (χ2v) is 6.21. The number of hydrogen-bond donors (Lipinski definition) is 2. The average molecular weight is 298 g/mol. The third-order valence-corrected chi connectivity index (χ3v) is 5.57. The van der Waals surface area contributed by atoms with Gasteiger partial charge in [0.1, 0.15) is 5.69 Å². The number of nitrogens with two attached hydrogens (primary N) is 1. The Hall–Kier alpha value is -1.17. The minimum absolute atomic E-state index is 0.0938. The molecule has 114 valence electrons. The van der Waals surface area contributed by atoms with Crippen LogP contribution in [0.2, 0.25) is 0 Å². The first kappa shape index (κ1) is 16.9. The number of carbonyl (C=O) groups is 1. The van der Waals surface area contributed by atoms with E-state index in [9.17, 15) is 4.79 Å². The smallest absolute Gasteiger partial charge is 0.271 e. The summed E-state index contributed by atoms with van der Waals surface area (Å²) in [7, 11) is 0. The first-order valence-electron chi connectivity index (χ1n) is 7.10. The van der Waals surface area contributed by atoms with Crippen molar-refractivity contribution < 1.29 is 4.79 Å². The Morgan fingerprint density at radius 3 is 2.45 bits per heavy atom. The van der Waals surface area contributed by atoms with Crippen molar-refractivity contribution in [3.63, 3.8) is 0 Å². The number of aromatic nitrogens is 2. The molecule has 0 atom stereocenters. The van der Waals surface area contributed by atoms with Gasteiger partial charge in [0.2, 0.25) is 0 Å². The first-order valence-corrected chi connectivity index (χ1v) is 8.33. The van der Waals surface area contributed by atoms with Crippen LogP contribution in [0.4, 0.5) is 5.69 Å². The lowest BCUT2D eigenvalue weighted by molar-refractivity contribution is 0.0939. The summed E-state index contributed by atoms with van der Waals surface area (Å²) in [6.45, 7) is 9.36. The van der Waals surface area contributed by atoms with Crippen LogP contribution in [0.1, 0.15) is 49.8 Å². The first-order chi connectivity index (χ1) is 9.44. The molecule has 0 unspecified atom stereocenters. The standard InChI is InChI=1S/C14H26N4OS/c1-6-14(7-2,20-5)9-16-13(19)12-11(15)10(4)17-18(12)8-3/h6-9,15H2,1-5H3,(H,16,19). The summed E-state index contributed by atoms with van der Waals surface area (Å²) in [5.74, 6) is -0.134. The molecule has 20 heavy (non-hydrogen) atoms. The third kappa shape index (κ3) is 3.29. The minimum Gasteiger partial charge on any atom is -0.395 e. The summed E-state index contributed by atoms with van der Waals surface area (Å²) in [6, 6.07) is 0. The number of aryl methyl sites for hydroxylation is 2. The van der Waals surface area contributed by atoms with E-state index >= 15 is 0 Å². The molecule has 0 radical (unpaired) electrons. The molecule has 1 rings (SSSR count). The van der Waals surface area contributed by atoms with Gasteiger partial charge in [-0.15, -0.1) is 0 Å². The van der Waals surface area contributed by atoms with Gasteiger partial charge in [-0.25, -0.2) is 0 Å². The van der Waals surface area contributed by atoms with Gasteiger partial charge in [-0.2, -0.15) is 16.9 Å². The number of thioether (sulfide) groups is 1. The number of carbonyl (C=O) groups excluding carboxylic acids is 1. The molecular formula is C14H26N4OS. The highest BCUT2D eigenvalue weighted by atomic mass is 32.2. The Morgan fingerprint density at radius 1 is 1.40 bits per heavy atom. The van der Waals surface area contributed by atoms with Crippen LogP contribution in [0.3, 0.4) is 0 Å². The van der Waals surface area contributed by atoms with Crippen molar-refractivity contribution in [2.24, 2.45) is 0 Å². The second-order valence-electron chi connectivity index (χ2n) is 4.94. The van der Waals surface area contributed by atoms with Crippen LogP contribution in [-0.2, 0) is 6.54 Å². The lowest BCUT2D eigenvalue weighted by Gasteiger charge is -2.29. The highest BCUT2D eigenvalue weighted by molar-refractivity contribution is 8.00. The SMILES string of the molecule is CCn1nc(C)c(N)c1C(=O)NCC(CC)(CC)SC. The molecule has 0 saturated heterocycles. The van der Waals surface area contributed by atoms with Crippen LogP contribution in [0.15, 0.2) is 0 Å². The maximum Gasteiger partial charge on any atom is 0.271 e. The summed E-state index contributed by atoms with van der Waals surface area (Å²) in [5, 5.41) is 7.30. The fourth-order valence-corrected chi connectivity index (χ4v) is 3.04. The van der Waals surface area contributed by atoms with E-state index in [0.29, 0.717) is 30.2 Å². The molecule has 0 bridgehead atoms. The summed E-state index contributed by atoms with van der Waals surface area (Å²) < 4.78 is 1.76. The van der Waals surface area contributed by atoms with Crippen molar-refractivity contribution in [3.8, 4) is 0 Å². The van der Waals surface area contributed by atoms with Crippen molar-refractivity contribution in [2.75, 3.05) is 18.5 Å². The van der Waals surface area contributed by atoms with Gasteiger partial charge >= 0.3 is 0 Å². The van der Waals surface area contributed by atoms with E-state index in [1.165, 1.54) is 0 Å². The van der Waals surface area contributed by atoms with Crippen LogP contribution in [-0.4, -0.2) is 33.2 Å². The van der Waals surface area contributed by atoms with Crippen molar-refractivity contribution >= 4 is 23.4 Å². The van der Waals surface area contributed by atoms with E-state index in [0.717, 1.165) is 12.8 Å². The van der Waals surface area contributed by atoms with E-state index in [2.05, 4.69) is 30.5 Å². The van der Waals surface area contributed by atoms with Crippen LogP contribution in [0.25, 0.3) is 0 Å². The molecule has 0 aliphatic rings. The van der Waals surface area contributed by atoms with Crippen molar-refractivity contribution in [3.05, 3.63) is 11.4 Å². The van der Waals surface area contributed by atoms with E-state index in [1.807, 2.05) is 13.8 Å². The Labute approximate surface area is 125 Å². The molecular weight excluding hydrogens is 272 g/mol. The molecule has 1 aromatic heterocycles. The fraction of sp³-hybridized carbons (Fsp3) is 0.714. The highest BCUT2D eigenvalue weighted by Crippen LogP contribution is 2.29. The van der Waals surface area contributed by atoms with Gasteiger partial charge in [0.25, 0.3) is 5.91 Å². The molecule has 1 heterocycles. The molecule has 3 N–H and O–H groups in total. The number of hydrogen-bond acceptors (Lipinski definition) is 4. The van der Waals surface area contributed by atoms with Crippen LogP contribution < -0.4 is 11.1 Å². The summed E-state index contributed by atoms with van der Waals surface area (Å²) >= 11 is 1.81. The summed E-state index contributed by atoms with van der Waals surface area (Å²) in [6.07, 6.45) is 4.13. The molecule has 0 fully saturated rings. The van der Waals surface area contributed by atoms with Crippen molar-refractivity contribution in [2.45, 2.75) is 51.8 Å². The monoisotopic (exact) mass is 298 g/mol. The van der Waals surface area contributed by atoms with Gasteiger partial charge in [-0.3, -0.25) is 9.48 Å². The average Bonchev–Trinajstić information content (AvgIpc) is 2.76. The lowest BCUT2D eigenvalue weighted by Crippen LogP contribution is -2.40. The summed E-state index contributed by atoms with van der Waals surface area (Å²) in [4.78, 5) is 12.4. The molecule has 1 aromatic rings. The lowest BCUT2D eigenvalue weighted by atomic mass is 10.0. The van der Waals surface area contributed by atoms with Gasteiger partial charge in [-0.1, -0.05) is 13.8 Å². The Balaban J connectivity index is 2.87. The topological polar surface area (TPSA) is 72.9 Å². The predicted molar refractivity (Wildman–Crippen MR) is 86.2 cm³/mol. The highest BCUT2D eigenvalue weighted by Gasteiger charge is 2.27. The molecule has 0 aliphatic heterocycles. The van der Waals surface area contributed by atoms with Gasteiger partial charge in [0.05, 0.1) is 11.4 Å². The second kappa shape index (κ2) is 7.02. The molecule has 5 nitrogen and oxygen atoms in total. The Bertz CT molecular complexity index is 458. The maximum atomic E-state index is 12.4. The number of nitrogens with one attached hydrogen (secondary N) is 1. The van der Waals surface area contributed by atoms with Gasteiger partial charge in [0.15, 0.2) is 0 Å². The van der Waals surface area contributed by atoms with Gasteiger partial charge < -0.3 is 11.1 Å². The van der Waals surface area contributed by atoms with Crippen LogP contribution >= 0.6 is 11.8 Å². The molecule has 0 saturated carbocycles. The predicted octanol–water partition coefficient (Wildman–Crippen LogP) is 2.45. The van der Waals surface area contributed by atoms with Crippen molar-refractivity contribution in [1.82, 2.24) is 15.1 Å². The number of nitrogen functional groups attached to an aromatic ring is 1. The van der Waals surface area contributed by atoms with Crippen LogP contribution in [0.5, 0.6) is 0 Å². The fourth-order valence-electron chi connectivity index (χ4n) is 2.25. The molecule has 1 amide bonds. The number of amides is 1. The quantitative estimate of drug-likeness (QED) is 0.811. The molecule has 0 aromatic carbocycles. The van der Waals surface area contributed by atoms with Crippen molar-refractivity contribution in [1.29, 1.82) is 0 Å².